The molecule has 1 fully saturated rings. The molecular weight excluding hydrogens is 312 g/mol. The summed E-state index contributed by atoms with van der Waals surface area (Å²) in [6.45, 7) is 2.06. The van der Waals surface area contributed by atoms with Gasteiger partial charge in [-0.1, -0.05) is 0 Å². The van der Waals surface area contributed by atoms with Gasteiger partial charge in [-0.05, 0) is 43.7 Å². The Labute approximate surface area is 138 Å². The molecule has 1 aromatic carbocycles. The predicted octanol–water partition coefficient (Wildman–Crippen LogP) is 2.91. The van der Waals surface area contributed by atoms with E-state index in [9.17, 15) is 9.59 Å². The van der Waals surface area contributed by atoms with Crippen LogP contribution in [0.3, 0.4) is 0 Å². The Bertz CT molecular complexity index is 769. The van der Waals surface area contributed by atoms with Crippen LogP contribution in [0.15, 0.2) is 30.3 Å². The van der Waals surface area contributed by atoms with E-state index in [0.717, 1.165) is 6.42 Å². The van der Waals surface area contributed by atoms with Gasteiger partial charge in [-0.2, -0.15) is 0 Å². The van der Waals surface area contributed by atoms with Gasteiger partial charge in [0, 0.05) is 27.2 Å². The van der Waals surface area contributed by atoms with Gasteiger partial charge >= 0.3 is 0 Å². The maximum absolute atomic E-state index is 12.4. The van der Waals surface area contributed by atoms with Crippen LogP contribution in [0.5, 0.6) is 5.75 Å². The van der Waals surface area contributed by atoms with Crippen LogP contribution in [0.25, 0.3) is 0 Å². The summed E-state index contributed by atoms with van der Waals surface area (Å²) >= 11 is 1.73. The number of nitrogens with one attached hydrogen (secondary N) is 1. The summed E-state index contributed by atoms with van der Waals surface area (Å²) in [6, 6.07) is 8.92. The third-order valence-corrected chi connectivity index (χ3v) is 5.13. The number of rotatable bonds is 5. The Hall–Kier alpha value is -2.34. The van der Waals surface area contributed by atoms with Crippen molar-refractivity contribution in [3.8, 4) is 5.75 Å². The second-order valence-electron chi connectivity index (χ2n) is 5.67. The van der Waals surface area contributed by atoms with E-state index in [1.165, 1.54) is 16.9 Å². The Morgan fingerprint density at radius 2 is 2.09 bits per heavy atom. The molecule has 0 radical (unpaired) electrons. The van der Waals surface area contributed by atoms with Gasteiger partial charge in [-0.25, -0.2) is 0 Å². The molecule has 0 bridgehead atoms. The highest BCUT2D eigenvalue weighted by molar-refractivity contribution is 7.12. The minimum atomic E-state index is -0.540. The average molecular weight is 330 g/mol. The Balaban J connectivity index is 1.73. The molecule has 1 saturated carbocycles. The number of benzene rings is 1. The van der Waals surface area contributed by atoms with Crippen LogP contribution in [0.2, 0.25) is 0 Å². The summed E-state index contributed by atoms with van der Waals surface area (Å²) in [6.07, 6.45) is 0.851. The van der Waals surface area contributed by atoms with Crippen LogP contribution < -0.4 is 15.8 Å². The minimum absolute atomic E-state index is 0.0324. The van der Waals surface area contributed by atoms with Crippen molar-refractivity contribution in [2.24, 2.45) is 11.7 Å². The minimum Gasteiger partial charge on any atom is -0.495 e. The molecule has 3 rings (SSSR count). The quantitative estimate of drug-likeness (QED) is 0.884. The van der Waals surface area contributed by atoms with Crippen molar-refractivity contribution in [3.63, 3.8) is 0 Å². The third kappa shape index (κ3) is 3.22. The second-order valence-corrected chi connectivity index (χ2v) is 6.99. The molecule has 2 atom stereocenters. The standard InChI is InChI=1S/C17H18N2O3S/c1-9-3-6-15(23-9)11-8-12(11)17(21)19-13-7-10(16(18)20)4-5-14(13)22-2/h3-7,11-12H,8H2,1-2H3,(H2,18,20)(H,19,21)/t11-,12+/m1/s1. The SMILES string of the molecule is COc1ccc(C(N)=O)cc1NC(=O)[C@H]1C[C@H]1c1ccc(C)s1. The molecule has 0 spiro atoms. The van der Waals surface area contributed by atoms with E-state index in [2.05, 4.69) is 24.4 Å². The Morgan fingerprint density at radius 3 is 2.70 bits per heavy atom. The van der Waals surface area contributed by atoms with Crippen molar-refractivity contribution in [2.75, 3.05) is 12.4 Å². The lowest BCUT2D eigenvalue weighted by Crippen LogP contribution is -2.17. The lowest BCUT2D eigenvalue weighted by Gasteiger charge is -2.11. The third-order valence-electron chi connectivity index (χ3n) is 4.00. The first-order chi connectivity index (χ1) is 11.0. The summed E-state index contributed by atoms with van der Waals surface area (Å²) in [4.78, 5) is 26.2. The monoisotopic (exact) mass is 330 g/mol. The van der Waals surface area contributed by atoms with E-state index in [4.69, 9.17) is 10.5 Å². The number of anilines is 1. The van der Waals surface area contributed by atoms with Crippen molar-refractivity contribution in [2.45, 2.75) is 19.3 Å². The van der Waals surface area contributed by atoms with Gasteiger partial charge in [0.2, 0.25) is 11.8 Å². The molecule has 6 heteroatoms. The molecule has 23 heavy (non-hydrogen) atoms. The van der Waals surface area contributed by atoms with Gasteiger partial charge in [-0.15, -0.1) is 11.3 Å². The van der Waals surface area contributed by atoms with Gasteiger partial charge in [0.25, 0.3) is 0 Å². The van der Waals surface area contributed by atoms with Crippen LogP contribution in [0.1, 0.15) is 32.5 Å². The number of methoxy groups -OCH3 is 1. The zero-order chi connectivity index (χ0) is 16.6. The average Bonchev–Trinajstić information content (AvgIpc) is 3.22. The summed E-state index contributed by atoms with van der Waals surface area (Å²) in [5, 5.41) is 2.86. The fourth-order valence-corrected chi connectivity index (χ4v) is 3.69. The smallest absolute Gasteiger partial charge is 0.248 e. The first-order valence-corrected chi connectivity index (χ1v) is 8.16. The summed E-state index contributed by atoms with van der Waals surface area (Å²) < 4.78 is 5.23. The number of carbonyl (C=O) groups is 2. The van der Waals surface area contributed by atoms with Crippen molar-refractivity contribution in [1.29, 1.82) is 0 Å². The van der Waals surface area contributed by atoms with Gasteiger partial charge in [0.1, 0.15) is 5.75 Å². The van der Waals surface area contributed by atoms with E-state index >= 15 is 0 Å². The molecule has 2 aromatic rings. The number of nitrogens with two attached hydrogens (primary N) is 1. The fourth-order valence-electron chi connectivity index (χ4n) is 2.64. The second kappa shape index (κ2) is 6.04. The lowest BCUT2D eigenvalue weighted by atomic mass is 10.1. The summed E-state index contributed by atoms with van der Waals surface area (Å²) in [5.41, 5.74) is 6.10. The Morgan fingerprint density at radius 1 is 1.30 bits per heavy atom. The first-order valence-electron chi connectivity index (χ1n) is 7.34. The molecule has 1 aliphatic rings. The van der Waals surface area contributed by atoms with E-state index in [1.54, 1.807) is 29.5 Å². The number of aryl methyl sites for hydroxylation is 1. The molecule has 0 saturated heterocycles. The molecule has 1 aliphatic carbocycles. The first kappa shape index (κ1) is 15.6. The van der Waals surface area contributed by atoms with E-state index in [-0.39, 0.29) is 11.8 Å². The highest BCUT2D eigenvalue weighted by Gasteiger charge is 2.44. The van der Waals surface area contributed by atoms with Crippen molar-refractivity contribution < 1.29 is 14.3 Å². The number of ether oxygens (including phenoxy) is 1. The van der Waals surface area contributed by atoms with Crippen LogP contribution in [0, 0.1) is 12.8 Å². The van der Waals surface area contributed by atoms with Crippen LogP contribution in [0.4, 0.5) is 5.69 Å². The molecule has 1 heterocycles. The fraction of sp³-hybridized carbons (Fsp3) is 0.294. The molecule has 1 aromatic heterocycles. The maximum Gasteiger partial charge on any atom is 0.248 e. The predicted molar refractivity (Wildman–Crippen MR) is 90.0 cm³/mol. The van der Waals surface area contributed by atoms with Crippen LogP contribution in [-0.2, 0) is 4.79 Å². The molecule has 0 unspecified atom stereocenters. The zero-order valence-electron chi connectivity index (χ0n) is 13.0. The summed E-state index contributed by atoms with van der Waals surface area (Å²) in [5.74, 6) is 0.170. The molecule has 5 nitrogen and oxygen atoms in total. The number of primary amides is 1. The number of hydrogen-bond donors (Lipinski definition) is 2. The number of carbonyl (C=O) groups excluding carboxylic acids is 2. The molecule has 0 aliphatic heterocycles. The van der Waals surface area contributed by atoms with E-state index in [0.29, 0.717) is 22.9 Å². The molecule has 3 N–H and O–H groups in total. The molecular formula is C17H18N2O3S. The lowest BCUT2D eigenvalue weighted by molar-refractivity contribution is -0.117. The van der Waals surface area contributed by atoms with Crippen molar-refractivity contribution in [3.05, 3.63) is 45.6 Å². The van der Waals surface area contributed by atoms with Gasteiger partial charge in [0.05, 0.1) is 12.8 Å². The van der Waals surface area contributed by atoms with Crippen molar-refractivity contribution >= 4 is 28.8 Å². The summed E-state index contributed by atoms with van der Waals surface area (Å²) in [7, 11) is 1.52. The van der Waals surface area contributed by atoms with Crippen LogP contribution >= 0.6 is 11.3 Å². The van der Waals surface area contributed by atoms with Gasteiger partial charge in [-0.3, -0.25) is 9.59 Å². The number of thiophene rings is 1. The Kier molecular flexibility index (Phi) is 4.09. The van der Waals surface area contributed by atoms with E-state index < -0.39 is 5.91 Å². The van der Waals surface area contributed by atoms with Crippen molar-refractivity contribution in [1.82, 2.24) is 0 Å². The van der Waals surface area contributed by atoms with Gasteiger partial charge in [0.15, 0.2) is 0 Å². The largest absolute Gasteiger partial charge is 0.495 e. The normalized spacial score (nSPS) is 19.2. The number of amides is 2. The van der Waals surface area contributed by atoms with Crippen LogP contribution in [-0.4, -0.2) is 18.9 Å². The highest BCUT2D eigenvalue weighted by Crippen LogP contribution is 2.50. The highest BCUT2D eigenvalue weighted by atomic mass is 32.1. The maximum atomic E-state index is 12.4. The molecule has 2 amide bonds. The molecule has 120 valence electrons. The van der Waals surface area contributed by atoms with E-state index in [1.807, 2.05) is 0 Å². The topological polar surface area (TPSA) is 81.4 Å². The number of hydrogen-bond acceptors (Lipinski definition) is 4. The van der Waals surface area contributed by atoms with Gasteiger partial charge < -0.3 is 15.8 Å². The zero-order valence-corrected chi connectivity index (χ0v) is 13.8.